The molecule has 0 saturated heterocycles. The van der Waals surface area contributed by atoms with Crippen molar-refractivity contribution in [3.8, 4) is 11.8 Å². The number of nitrogens with zero attached hydrogens (tertiary/aromatic N) is 1. The van der Waals surface area contributed by atoms with Crippen LogP contribution in [0.4, 0.5) is 0 Å². The molecule has 0 aliphatic heterocycles. The number of aliphatic hydroxyl groups is 1. The topological polar surface area (TPSA) is 53.2 Å². The molecule has 2 aromatic carbocycles. The summed E-state index contributed by atoms with van der Waals surface area (Å²) in [5.74, 6) is 0.838. The van der Waals surface area contributed by atoms with Crippen LogP contribution in [0, 0.1) is 25.2 Å². The van der Waals surface area contributed by atoms with E-state index in [1.165, 1.54) is 0 Å². The number of hydrogen-bond donors (Lipinski definition) is 1. The van der Waals surface area contributed by atoms with Crippen LogP contribution >= 0.6 is 0 Å². The zero-order valence-electron chi connectivity index (χ0n) is 11.7. The number of ether oxygens (including phenoxy) is 1. The Bertz CT molecular complexity index is 633. The van der Waals surface area contributed by atoms with E-state index in [9.17, 15) is 5.11 Å². The standard InChI is InChI=1S/C17H17NO2/c1-12-6-16(10-19)7-13(2)17(12)20-11-15-5-3-4-14(8-15)9-18/h3-8,19H,10-11H2,1-2H3. The zero-order chi connectivity index (χ0) is 14.5. The summed E-state index contributed by atoms with van der Waals surface area (Å²) in [5, 5.41) is 18.1. The second kappa shape index (κ2) is 6.23. The van der Waals surface area contributed by atoms with Crippen molar-refractivity contribution < 1.29 is 9.84 Å². The van der Waals surface area contributed by atoms with Crippen molar-refractivity contribution in [2.75, 3.05) is 0 Å². The molecule has 0 bridgehead atoms. The van der Waals surface area contributed by atoms with E-state index in [4.69, 9.17) is 10.00 Å². The molecule has 0 amide bonds. The van der Waals surface area contributed by atoms with Gasteiger partial charge in [-0.3, -0.25) is 0 Å². The molecule has 0 aliphatic rings. The van der Waals surface area contributed by atoms with Crippen LogP contribution in [0.2, 0.25) is 0 Å². The van der Waals surface area contributed by atoms with E-state index in [0.717, 1.165) is 28.0 Å². The highest BCUT2D eigenvalue weighted by molar-refractivity contribution is 5.43. The third kappa shape index (κ3) is 3.17. The van der Waals surface area contributed by atoms with Gasteiger partial charge in [-0.1, -0.05) is 24.3 Å². The largest absolute Gasteiger partial charge is 0.488 e. The number of aryl methyl sites for hydroxylation is 2. The van der Waals surface area contributed by atoms with E-state index >= 15 is 0 Å². The second-order valence-electron chi connectivity index (χ2n) is 4.82. The van der Waals surface area contributed by atoms with E-state index in [0.29, 0.717) is 12.2 Å². The predicted octanol–water partition coefficient (Wildman–Crippen LogP) is 3.25. The van der Waals surface area contributed by atoms with Gasteiger partial charge in [-0.05, 0) is 48.2 Å². The van der Waals surface area contributed by atoms with Gasteiger partial charge in [0.2, 0.25) is 0 Å². The zero-order valence-corrected chi connectivity index (χ0v) is 11.7. The van der Waals surface area contributed by atoms with Crippen LogP contribution in [-0.4, -0.2) is 5.11 Å². The number of nitriles is 1. The highest BCUT2D eigenvalue weighted by Crippen LogP contribution is 2.25. The number of rotatable bonds is 4. The molecule has 3 heteroatoms. The Morgan fingerprint density at radius 3 is 2.40 bits per heavy atom. The molecule has 2 aromatic rings. The molecule has 0 heterocycles. The van der Waals surface area contributed by atoms with Crippen LogP contribution in [0.1, 0.15) is 27.8 Å². The van der Waals surface area contributed by atoms with Gasteiger partial charge < -0.3 is 9.84 Å². The summed E-state index contributed by atoms with van der Waals surface area (Å²) in [5.41, 5.74) is 4.50. The van der Waals surface area contributed by atoms with Crippen LogP contribution in [-0.2, 0) is 13.2 Å². The molecule has 0 aliphatic carbocycles. The van der Waals surface area contributed by atoms with Crippen molar-refractivity contribution in [1.29, 1.82) is 5.26 Å². The lowest BCUT2D eigenvalue weighted by molar-refractivity contribution is 0.280. The summed E-state index contributed by atoms with van der Waals surface area (Å²) in [4.78, 5) is 0. The van der Waals surface area contributed by atoms with Crippen molar-refractivity contribution in [2.45, 2.75) is 27.1 Å². The van der Waals surface area contributed by atoms with E-state index in [-0.39, 0.29) is 6.61 Å². The average molecular weight is 267 g/mol. The van der Waals surface area contributed by atoms with Gasteiger partial charge in [0, 0.05) is 0 Å². The van der Waals surface area contributed by atoms with Crippen LogP contribution in [0.5, 0.6) is 5.75 Å². The Kier molecular flexibility index (Phi) is 4.39. The summed E-state index contributed by atoms with van der Waals surface area (Å²) in [7, 11) is 0. The van der Waals surface area contributed by atoms with Crippen LogP contribution in [0.15, 0.2) is 36.4 Å². The van der Waals surface area contributed by atoms with Crippen LogP contribution in [0.3, 0.4) is 0 Å². The second-order valence-corrected chi connectivity index (χ2v) is 4.82. The van der Waals surface area contributed by atoms with E-state index in [1.807, 2.05) is 44.2 Å². The van der Waals surface area contributed by atoms with Crippen LogP contribution in [0.25, 0.3) is 0 Å². The van der Waals surface area contributed by atoms with Gasteiger partial charge in [-0.15, -0.1) is 0 Å². The minimum Gasteiger partial charge on any atom is -0.488 e. The third-order valence-electron chi connectivity index (χ3n) is 3.14. The predicted molar refractivity (Wildman–Crippen MR) is 77.3 cm³/mol. The molecule has 0 aromatic heterocycles. The van der Waals surface area contributed by atoms with Crippen molar-refractivity contribution >= 4 is 0 Å². The Morgan fingerprint density at radius 2 is 1.80 bits per heavy atom. The molecule has 0 spiro atoms. The summed E-state index contributed by atoms with van der Waals surface area (Å²) in [6.07, 6.45) is 0. The fourth-order valence-electron chi connectivity index (χ4n) is 2.25. The van der Waals surface area contributed by atoms with E-state index < -0.39 is 0 Å². The van der Waals surface area contributed by atoms with Crippen molar-refractivity contribution in [2.24, 2.45) is 0 Å². The SMILES string of the molecule is Cc1cc(CO)cc(C)c1OCc1cccc(C#N)c1. The summed E-state index contributed by atoms with van der Waals surface area (Å²) in [6, 6.07) is 13.4. The summed E-state index contributed by atoms with van der Waals surface area (Å²) in [6.45, 7) is 4.39. The Hall–Kier alpha value is -2.31. The Labute approximate surface area is 119 Å². The highest BCUT2D eigenvalue weighted by atomic mass is 16.5. The van der Waals surface area contributed by atoms with Gasteiger partial charge in [0.15, 0.2) is 0 Å². The fourth-order valence-corrected chi connectivity index (χ4v) is 2.25. The molecule has 102 valence electrons. The molecule has 1 N–H and O–H groups in total. The number of hydrogen-bond acceptors (Lipinski definition) is 3. The quantitative estimate of drug-likeness (QED) is 0.925. The molecule has 0 atom stereocenters. The van der Waals surface area contributed by atoms with Gasteiger partial charge in [-0.25, -0.2) is 0 Å². The average Bonchev–Trinajstić information content (AvgIpc) is 2.46. The van der Waals surface area contributed by atoms with Gasteiger partial charge >= 0.3 is 0 Å². The Balaban J connectivity index is 2.17. The molecule has 0 unspecified atom stereocenters. The minimum atomic E-state index is 0.0339. The molecule has 3 nitrogen and oxygen atoms in total. The maximum Gasteiger partial charge on any atom is 0.125 e. The smallest absolute Gasteiger partial charge is 0.125 e. The first-order chi connectivity index (χ1) is 9.63. The van der Waals surface area contributed by atoms with E-state index in [1.54, 1.807) is 6.07 Å². The monoisotopic (exact) mass is 267 g/mol. The maximum atomic E-state index is 9.17. The van der Waals surface area contributed by atoms with Crippen molar-refractivity contribution in [3.05, 3.63) is 64.2 Å². The number of aliphatic hydroxyl groups excluding tert-OH is 1. The lowest BCUT2D eigenvalue weighted by Crippen LogP contribution is -2.00. The lowest BCUT2D eigenvalue weighted by atomic mass is 10.1. The molecule has 0 saturated carbocycles. The first-order valence-corrected chi connectivity index (χ1v) is 6.47. The fraction of sp³-hybridized carbons (Fsp3) is 0.235. The van der Waals surface area contributed by atoms with Crippen molar-refractivity contribution in [3.63, 3.8) is 0 Å². The van der Waals surface area contributed by atoms with Crippen molar-refractivity contribution in [1.82, 2.24) is 0 Å². The van der Waals surface area contributed by atoms with Gasteiger partial charge in [-0.2, -0.15) is 5.26 Å². The molecule has 20 heavy (non-hydrogen) atoms. The Morgan fingerprint density at radius 1 is 1.10 bits per heavy atom. The first kappa shape index (κ1) is 14.1. The summed E-state index contributed by atoms with van der Waals surface area (Å²) < 4.78 is 5.86. The normalized spacial score (nSPS) is 10.1. The molecule has 0 radical (unpaired) electrons. The maximum absolute atomic E-state index is 9.17. The summed E-state index contributed by atoms with van der Waals surface area (Å²) >= 11 is 0. The molecular weight excluding hydrogens is 250 g/mol. The van der Waals surface area contributed by atoms with Gasteiger partial charge in [0.25, 0.3) is 0 Å². The minimum absolute atomic E-state index is 0.0339. The molecular formula is C17H17NO2. The lowest BCUT2D eigenvalue weighted by Gasteiger charge is -2.13. The highest BCUT2D eigenvalue weighted by Gasteiger charge is 2.07. The molecule has 0 fully saturated rings. The first-order valence-electron chi connectivity index (χ1n) is 6.47. The van der Waals surface area contributed by atoms with Gasteiger partial charge in [0.1, 0.15) is 12.4 Å². The number of benzene rings is 2. The van der Waals surface area contributed by atoms with E-state index in [2.05, 4.69) is 6.07 Å². The van der Waals surface area contributed by atoms with Crippen LogP contribution < -0.4 is 4.74 Å². The molecule has 2 rings (SSSR count). The third-order valence-corrected chi connectivity index (χ3v) is 3.14. The van der Waals surface area contributed by atoms with Gasteiger partial charge in [0.05, 0.1) is 18.2 Å².